The van der Waals surface area contributed by atoms with E-state index in [4.69, 9.17) is 9.88 Å². The van der Waals surface area contributed by atoms with Gasteiger partial charge in [0.05, 0.1) is 0 Å². The van der Waals surface area contributed by atoms with E-state index in [9.17, 15) is 8.42 Å². The summed E-state index contributed by atoms with van der Waals surface area (Å²) in [5, 5.41) is 12.7. The van der Waals surface area contributed by atoms with Crippen molar-refractivity contribution in [3.05, 3.63) is 5.82 Å². The molecule has 0 aliphatic heterocycles. The number of sulfonamides is 1. The van der Waals surface area contributed by atoms with Gasteiger partial charge < -0.3 is 9.30 Å². The van der Waals surface area contributed by atoms with Crippen LogP contribution in [0.15, 0.2) is 5.16 Å². The fourth-order valence-corrected chi connectivity index (χ4v) is 2.53. The third kappa shape index (κ3) is 4.55. The second-order valence-electron chi connectivity index (χ2n) is 5.21. The van der Waals surface area contributed by atoms with Crippen LogP contribution < -0.4 is 5.14 Å². The van der Waals surface area contributed by atoms with Crippen molar-refractivity contribution in [3.63, 3.8) is 0 Å². The van der Waals surface area contributed by atoms with Gasteiger partial charge in [-0.15, -0.1) is 10.2 Å². The van der Waals surface area contributed by atoms with Gasteiger partial charge in [0.15, 0.2) is 0 Å². The van der Waals surface area contributed by atoms with Gasteiger partial charge in [0.25, 0.3) is 15.2 Å². The molecule has 0 spiro atoms. The Hall–Kier alpha value is -0.990. The van der Waals surface area contributed by atoms with E-state index >= 15 is 0 Å². The number of primary sulfonamides is 1. The molecule has 0 fully saturated rings. The smallest absolute Gasteiger partial charge is 0.273 e. The number of hydrogen-bond donors (Lipinski definition) is 1. The third-order valence-corrected chi connectivity index (χ3v) is 3.39. The summed E-state index contributed by atoms with van der Waals surface area (Å²) in [4.78, 5) is 0. The van der Waals surface area contributed by atoms with E-state index in [0.29, 0.717) is 25.4 Å². The first kappa shape index (κ1) is 16.1. The predicted octanol–water partition coefficient (Wildman–Crippen LogP) is 0.407. The van der Waals surface area contributed by atoms with E-state index in [-0.39, 0.29) is 17.0 Å². The van der Waals surface area contributed by atoms with Crippen LogP contribution in [-0.4, -0.2) is 36.9 Å². The summed E-state index contributed by atoms with van der Waals surface area (Å²) in [6.45, 7) is 7.10. The molecule has 1 unspecified atom stereocenters. The molecule has 2 N–H and O–H groups in total. The normalized spacial score (nSPS) is 14.0. The van der Waals surface area contributed by atoms with Crippen molar-refractivity contribution in [2.75, 3.05) is 13.7 Å². The molecule has 7 nitrogen and oxygen atoms in total. The molecule has 0 aliphatic rings. The van der Waals surface area contributed by atoms with Gasteiger partial charge in [0, 0.05) is 26.7 Å². The SMILES string of the molecule is COCC(C)Cc1nnc(S(N)(=O)=O)n1CC(C)C. The molecule has 0 aliphatic carbocycles. The molecule has 1 heterocycles. The zero-order chi connectivity index (χ0) is 14.6. The van der Waals surface area contributed by atoms with E-state index in [1.165, 1.54) is 0 Å². The minimum absolute atomic E-state index is 0.166. The molecule has 1 aromatic heterocycles. The highest BCUT2D eigenvalue weighted by molar-refractivity contribution is 7.89. The number of hydrogen-bond acceptors (Lipinski definition) is 5. The molecule has 110 valence electrons. The van der Waals surface area contributed by atoms with Crippen LogP contribution in [-0.2, 0) is 27.7 Å². The van der Waals surface area contributed by atoms with Crippen LogP contribution in [0.4, 0.5) is 0 Å². The Balaban J connectivity index is 3.08. The first-order valence-corrected chi connectivity index (χ1v) is 7.74. The lowest BCUT2D eigenvalue weighted by atomic mass is 10.1. The minimum atomic E-state index is -3.85. The monoisotopic (exact) mass is 290 g/mol. The molecule has 1 rings (SSSR count). The molecule has 0 radical (unpaired) electrons. The fraction of sp³-hybridized carbons (Fsp3) is 0.818. The van der Waals surface area contributed by atoms with Crippen molar-refractivity contribution in [2.45, 2.75) is 38.9 Å². The summed E-state index contributed by atoms with van der Waals surface area (Å²) >= 11 is 0. The topological polar surface area (TPSA) is 100 Å². The summed E-state index contributed by atoms with van der Waals surface area (Å²) in [7, 11) is -2.22. The van der Waals surface area contributed by atoms with Crippen LogP contribution in [0.5, 0.6) is 0 Å². The number of nitrogens with zero attached hydrogens (tertiary/aromatic N) is 3. The Kier molecular flexibility index (Phi) is 5.45. The summed E-state index contributed by atoms with van der Waals surface area (Å²) < 4.78 is 29.6. The van der Waals surface area contributed by atoms with E-state index in [1.54, 1.807) is 11.7 Å². The highest BCUT2D eigenvalue weighted by atomic mass is 32.2. The number of rotatable bonds is 7. The molecule has 0 amide bonds. The summed E-state index contributed by atoms with van der Waals surface area (Å²) in [5.74, 6) is 1.13. The Bertz CT molecular complexity index is 510. The maximum Gasteiger partial charge on any atom is 0.273 e. The average Bonchev–Trinajstić information content (AvgIpc) is 2.60. The van der Waals surface area contributed by atoms with Gasteiger partial charge in [-0.3, -0.25) is 0 Å². The number of nitrogens with two attached hydrogens (primary N) is 1. The van der Waals surface area contributed by atoms with Gasteiger partial charge in [-0.25, -0.2) is 13.6 Å². The van der Waals surface area contributed by atoms with Crippen LogP contribution >= 0.6 is 0 Å². The lowest BCUT2D eigenvalue weighted by Gasteiger charge is -2.14. The lowest BCUT2D eigenvalue weighted by molar-refractivity contribution is 0.158. The molecule has 0 aromatic carbocycles. The molecule has 0 saturated heterocycles. The van der Waals surface area contributed by atoms with E-state index in [2.05, 4.69) is 10.2 Å². The Morgan fingerprint density at radius 2 is 1.95 bits per heavy atom. The van der Waals surface area contributed by atoms with Crippen molar-refractivity contribution in [1.82, 2.24) is 14.8 Å². The zero-order valence-electron chi connectivity index (χ0n) is 11.8. The zero-order valence-corrected chi connectivity index (χ0v) is 12.6. The highest BCUT2D eigenvalue weighted by Gasteiger charge is 2.22. The Morgan fingerprint density at radius 3 is 2.42 bits per heavy atom. The Labute approximate surface area is 114 Å². The molecule has 8 heteroatoms. The predicted molar refractivity (Wildman–Crippen MR) is 71.0 cm³/mol. The third-order valence-electron chi connectivity index (χ3n) is 2.58. The lowest BCUT2D eigenvalue weighted by Crippen LogP contribution is -2.22. The van der Waals surface area contributed by atoms with Crippen LogP contribution in [0.2, 0.25) is 0 Å². The molecule has 1 atom stereocenters. The first-order chi connectivity index (χ1) is 8.75. The van der Waals surface area contributed by atoms with Crippen LogP contribution in [0.3, 0.4) is 0 Å². The van der Waals surface area contributed by atoms with E-state index in [0.717, 1.165) is 0 Å². The average molecular weight is 290 g/mol. The van der Waals surface area contributed by atoms with Crippen molar-refractivity contribution in [3.8, 4) is 0 Å². The van der Waals surface area contributed by atoms with Gasteiger partial charge in [0.1, 0.15) is 5.82 Å². The van der Waals surface area contributed by atoms with E-state index < -0.39 is 10.0 Å². The van der Waals surface area contributed by atoms with Crippen LogP contribution in [0, 0.1) is 11.8 Å². The van der Waals surface area contributed by atoms with Crippen LogP contribution in [0.25, 0.3) is 0 Å². The summed E-state index contributed by atoms with van der Waals surface area (Å²) in [6, 6.07) is 0. The fourth-order valence-electron chi connectivity index (χ4n) is 1.88. The highest BCUT2D eigenvalue weighted by Crippen LogP contribution is 2.14. The number of ether oxygens (including phenoxy) is 1. The molecular formula is C11H22N4O3S. The summed E-state index contributed by atoms with van der Waals surface area (Å²) in [6.07, 6.45) is 0.600. The van der Waals surface area contributed by atoms with Crippen molar-refractivity contribution in [1.29, 1.82) is 0 Å². The first-order valence-electron chi connectivity index (χ1n) is 6.19. The number of methoxy groups -OCH3 is 1. The second kappa shape index (κ2) is 6.44. The van der Waals surface area contributed by atoms with Gasteiger partial charge in [-0.05, 0) is 11.8 Å². The molecule has 0 bridgehead atoms. The molecule has 0 saturated carbocycles. The van der Waals surface area contributed by atoms with Crippen molar-refractivity contribution >= 4 is 10.0 Å². The van der Waals surface area contributed by atoms with Crippen molar-refractivity contribution < 1.29 is 13.2 Å². The molecule has 19 heavy (non-hydrogen) atoms. The van der Waals surface area contributed by atoms with Gasteiger partial charge in [0.2, 0.25) is 0 Å². The Morgan fingerprint density at radius 1 is 1.32 bits per heavy atom. The van der Waals surface area contributed by atoms with E-state index in [1.807, 2.05) is 20.8 Å². The quantitative estimate of drug-likeness (QED) is 0.783. The van der Waals surface area contributed by atoms with Gasteiger partial charge >= 0.3 is 0 Å². The maximum atomic E-state index is 11.5. The van der Waals surface area contributed by atoms with Crippen LogP contribution in [0.1, 0.15) is 26.6 Å². The van der Waals surface area contributed by atoms with Crippen molar-refractivity contribution in [2.24, 2.45) is 17.0 Å². The standard InChI is InChI=1S/C11H22N4O3S/c1-8(2)6-15-10(5-9(3)7-18-4)13-14-11(15)19(12,16)17/h8-9H,5-7H2,1-4H3,(H2,12,16,17). The second-order valence-corrected chi connectivity index (χ2v) is 6.67. The maximum absolute atomic E-state index is 11.5. The van der Waals surface area contributed by atoms with Gasteiger partial charge in [-0.1, -0.05) is 20.8 Å². The van der Waals surface area contributed by atoms with Gasteiger partial charge in [-0.2, -0.15) is 0 Å². The minimum Gasteiger partial charge on any atom is -0.384 e. The summed E-state index contributed by atoms with van der Waals surface area (Å²) in [5.41, 5.74) is 0. The largest absolute Gasteiger partial charge is 0.384 e. The number of aromatic nitrogens is 3. The molecule has 1 aromatic rings. The molecular weight excluding hydrogens is 268 g/mol.